The third kappa shape index (κ3) is 3.97. The molecule has 0 atom stereocenters. The topological polar surface area (TPSA) is 74.8 Å². The lowest BCUT2D eigenvalue weighted by Gasteiger charge is -2.08. The molecule has 4 rings (SSSR count). The number of carbonyl (C=O) groups is 2. The number of aromatic amines is 1. The Morgan fingerprint density at radius 1 is 1.11 bits per heavy atom. The first-order valence-electron chi connectivity index (χ1n) is 9.14. The summed E-state index contributed by atoms with van der Waals surface area (Å²) in [4.78, 5) is 24.1. The maximum absolute atomic E-state index is 12.3. The number of hydrogen-bond acceptors (Lipinski definition) is 3. The van der Waals surface area contributed by atoms with Crippen molar-refractivity contribution in [2.75, 3.05) is 5.32 Å². The second kappa shape index (κ2) is 7.19. The standard InChI is InChI=1S/C22H21N3O2/c1-14(26)18-4-2-3-5-19(18)16-8-6-15(7-9-16)12-22(27)23-21-13-20(24-25-21)17-10-11-17/h2-9,13,17H,10-12H2,1H3,(H2,23,24,25,27). The molecule has 3 aromatic rings. The highest BCUT2D eigenvalue weighted by Crippen LogP contribution is 2.39. The minimum atomic E-state index is -0.0965. The van der Waals surface area contributed by atoms with E-state index in [0.717, 1.165) is 22.4 Å². The Morgan fingerprint density at radius 3 is 2.56 bits per heavy atom. The first-order chi connectivity index (χ1) is 13.1. The number of ketones is 1. The van der Waals surface area contributed by atoms with Crippen molar-refractivity contribution in [3.63, 3.8) is 0 Å². The van der Waals surface area contributed by atoms with Gasteiger partial charge < -0.3 is 5.32 Å². The van der Waals surface area contributed by atoms with E-state index in [1.54, 1.807) is 6.92 Å². The molecule has 2 N–H and O–H groups in total. The van der Waals surface area contributed by atoms with Crippen molar-refractivity contribution in [1.82, 2.24) is 10.2 Å². The maximum Gasteiger partial charge on any atom is 0.229 e. The molecule has 1 aromatic heterocycles. The number of benzene rings is 2. The van der Waals surface area contributed by atoms with E-state index < -0.39 is 0 Å². The minimum Gasteiger partial charge on any atom is -0.309 e. The third-order valence-corrected chi connectivity index (χ3v) is 4.82. The van der Waals surface area contributed by atoms with E-state index >= 15 is 0 Å². The van der Waals surface area contributed by atoms with E-state index in [9.17, 15) is 9.59 Å². The van der Waals surface area contributed by atoms with Crippen LogP contribution in [0, 0.1) is 0 Å². The average Bonchev–Trinajstić information content (AvgIpc) is 3.42. The number of amides is 1. The monoisotopic (exact) mass is 359 g/mol. The van der Waals surface area contributed by atoms with Crippen LogP contribution in [0.25, 0.3) is 11.1 Å². The van der Waals surface area contributed by atoms with Crippen molar-refractivity contribution < 1.29 is 9.59 Å². The Labute approximate surface area is 157 Å². The summed E-state index contributed by atoms with van der Waals surface area (Å²) in [5.74, 6) is 1.10. The lowest BCUT2D eigenvalue weighted by Crippen LogP contribution is -2.14. The van der Waals surface area contributed by atoms with Crippen molar-refractivity contribution in [3.05, 3.63) is 71.4 Å². The van der Waals surface area contributed by atoms with Crippen LogP contribution in [0.5, 0.6) is 0 Å². The fourth-order valence-electron chi connectivity index (χ4n) is 3.22. The molecule has 27 heavy (non-hydrogen) atoms. The molecule has 0 saturated heterocycles. The number of nitrogens with one attached hydrogen (secondary N) is 2. The summed E-state index contributed by atoms with van der Waals surface area (Å²) >= 11 is 0. The summed E-state index contributed by atoms with van der Waals surface area (Å²) in [6.07, 6.45) is 2.66. The minimum absolute atomic E-state index is 0.0404. The van der Waals surface area contributed by atoms with Crippen LogP contribution < -0.4 is 5.32 Å². The zero-order valence-electron chi connectivity index (χ0n) is 15.2. The van der Waals surface area contributed by atoms with E-state index in [-0.39, 0.29) is 18.1 Å². The molecule has 5 heteroatoms. The van der Waals surface area contributed by atoms with Gasteiger partial charge in [-0.1, -0.05) is 48.5 Å². The molecule has 1 aliphatic carbocycles. The van der Waals surface area contributed by atoms with Gasteiger partial charge in [0.1, 0.15) is 0 Å². The summed E-state index contributed by atoms with van der Waals surface area (Å²) in [6, 6.07) is 17.2. The SMILES string of the molecule is CC(=O)c1ccccc1-c1ccc(CC(=O)Nc2cc(C3CC3)[nH]n2)cc1. The van der Waals surface area contributed by atoms with Crippen LogP contribution in [0.4, 0.5) is 5.82 Å². The van der Waals surface area contributed by atoms with Gasteiger partial charge >= 0.3 is 0 Å². The molecule has 2 aromatic carbocycles. The zero-order chi connectivity index (χ0) is 18.8. The number of nitrogens with zero attached hydrogens (tertiary/aromatic N) is 1. The molecule has 1 fully saturated rings. The van der Waals surface area contributed by atoms with E-state index in [1.165, 1.54) is 12.8 Å². The summed E-state index contributed by atoms with van der Waals surface area (Å²) < 4.78 is 0. The summed E-state index contributed by atoms with van der Waals surface area (Å²) in [5, 5.41) is 9.97. The Morgan fingerprint density at radius 2 is 1.85 bits per heavy atom. The van der Waals surface area contributed by atoms with Gasteiger partial charge in [0.05, 0.1) is 6.42 Å². The molecule has 1 heterocycles. The number of anilines is 1. The quantitative estimate of drug-likeness (QED) is 0.643. The lowest BCUT2D eigenvalue weighted by molar-refractivity contribution is -0.115. The molecule has 136 valence electrons. The number of Topliss-reactive ketones (excluding diaryl/α,β-unsaturated/α-hetero) is 1. The molecule has 5 nitrogen and oxygen atoms in total. The van der Waals surface area contributed by atoms with Gasteiger partial charge in [0.15, 0.2) is 11.6 Å². The number of H-pyrrole nitrogens is 1. The Kier molecular flexibility index (Phi) is 4.59. The molecule has 0 bridgehead atoms. The van der Waals surface area contributed by atoms with Gasteiger partial charge in [-0.25, -0.2) is 0 Å². The van der Waals surface area contributed by atoms with Crippen molar-refractivity contribution in [2.24, 2.45) is 0 Å². The smallest absolute Gasteiger partial charge is 0.229 e. The summed E-state index contributed by atoms with van der Waals surface area (Å²) in [6.45, 7) is 1.57. The third-order valence-electron chi connectivity index (χ3n) is 4.82. The van der Waals surface area contributed by atoms with Crippen molar-refractivity contribution in [3.8, 4) is 11.1 Å². The molecule has 0 spiro atoms. The van der Waals surface area contributed by atoms with Crippen molar-refractivity contribution in [1.29, 1.82) is 0 Å². The van der Waals surface area contributed by atoms with Gasteiger partial charge in [-0.2, -0.15) is 5.10 Å². The van der Waals surface area contributed by atoms with Crippen LogP contribution in [-0.4, -0.2) is 21.9 Å². The fourth-order valence-corrected chi connectivity index (χ4v) is 3.22. The number of carbonyl (C=O) groups excluding carboxylic acids is 2. The van der Waals surface area contributed by atoms with Crippen LogP contribution in [0.15, 0.2) is 54.6 Å². The van der Waals surface area contributed by atoms with E-state index in [1.807, 2.05) is 54.6 Å². The lowest BCUT2D eigenvalue weighted by atomic mass is 9.96. The Balaban J connectivity index is 1.43. The van der Waals surface area contributed by atoms with Crippen LogP contribution in [0.3, 0.4) is 0 Å². The first-order valence-corrected chi connectivity index (χ1v) is 9.14. The largest absolute Gasteiger partial charge is 0.309 e. The Bertz CT molecular complexity index is 985. The molecular weight excluding hydrogens is 338 g/mol. The highest BCUT2D eigenvalue weighted by molar-refractivity contribution is 6.00. The molecule has 1 amide bonds. The molecule has 1 saturated carbocycles. The first kappa shape index (κ1) is 17.2. The number of rotatable bonds is 6. The normalized spacial score (nSPS) is 13.4. The van der Waals surface area contributed by atoms with Gasteiger partial charge in [0.2, 0.25) is 5.91 Å². The van der Waals surface area contributed by atoms with Crippen molar-refractivity contribution in [2.45, 2.75) is 32.1 Å². The highest BCUT2D eigenvalue weighted by Gasteiger charge is 2.25. The molecular formula is C22H21N3O2. The van der Waals surface area contributed by atoms with E-state index in [4.69, 9.17) is 0 Å². The van der Waals surface area contributed by atoms with Crippen LogP contribution in [0.1, 0.15) is 47.3 Å². The predicted octanol–water partition coefficient (Wildman–Crippen LogP) is 4.34. The summed E-state index contributed by atoms with van der Waals surface area (Å²) in [7, 11) is 0. The highest BCUT2D eigenvalue weighted by atomic mass is 16.1. The maximum atomic E-state index is 12.3. The molecule has 0 aliphatic heterocycles. The molecule has 1 aliphatic rings. The molecule has 0 unspecified atom stereocenters. The average molecular weight is 359 g/mol. The van der Waals surface area contributed by atoms with Gasteiger partial charge in [0.25, 0.3) is 0 Å². The number of hydrogen-bond donors (Lipinski definition) is 2. The van der Waals surface area contributed by atoms with Crippen molar-refractivity contribution >= 4 is 17.5 Å². The zero-order valence-corrected chi connectivity index (χ0v) is 15.2. The predicted molar refractivity (Wildman–Crippen MR) is 105 cm³/mol. The van der Waals surface area contributed by atoms with Gasteiger partial charge in [-0.05, 0) is 36.5 Å². The van der Waals surface area contributed by atoms with E-state index in [0.29, 0.717) is 17.3 Å². The van der Waals surface area contributed by atoms with Gasteiger partial charge in [0, 0.05) is 23.2 Å². The van der Waals surface area contributed by atoms with Gasteiger partial charge in [-0.3, -0.25) is 14.7 Å². The fraction of sp³-hybridized carbons (Fsp3) is 0.227. The second-order valence-electron chi connectivity index (χ2n) is 7.01. The summed E-state index contributed by atoms with van der Waals surface area (Å²) in [5.41, 5.74) is 4.58. The van der Waals surface area contributed by atoms with Crippen LogP contribution >= 0.6 is 0 Å². The molecule has 0 radical (unpaired) electrons. The van der Waals surface area contributed by atoms with E-state index in [2.05, 4.69) is 15.5 Å². The Hall–Kier alpha value is -3.21. The second-order valence-corrected chi connectivity index (χ2v) is 7.01. The number of aromatic nitrogens is 2. The van der Waals surface area contributed by atoms with Gasteiger partial charge in [-0.15, -0.1) is 0 Å². The van der Waals surface area contributed by atoms with Crippen LogP contribution in [-0.2, 0) is 11.2 Å². The van der Waals surface area contributed by atoms with Crippen LogP contribution in [0.2, 0.25) is 0 Å².